The smallest absolute Gasteiger partial charge is 0.170 e. The van der Waals surface area contributed by atoms with Gasteiger partial charge in [0.2, 0.25) is 0 Å². The van der Waals surface area contributed by atoms with Crippen LogP contribution in [0.4, 0.5) is 8.78 Å². The minimum Gasteiger partial charge on any atom is -0.493 e. The molecule has 0 aromatic heterocycles. The van der Waals surface area contributed by atoms with Crippen LogP contribution in [0.5, 0.6) is 11.5 Å². The molecule has 4 rings (SSSR count). The fourth-order valence-electron chi connectivity index (χ4n) is 5.63. The van der Waals surface area contributed by atoms with Crippen LogP contribution in [-0.2, 0) is 10.2 Å². The first-order valence-corrected chi connectivity index (χ1v) is 13.8. The number of ketones is 2. The van der Waals surface area contributed by atoms with E-state index in [0.717, 1.165) is 38.9 Å². The molecule has 1 aliphatic rings. The van der Waals surface area contributed by atoms with Gasteiger partial charge in [-0.05, 0) is 98.8 Å². The van der Waals surface area contributed by atoms with Crippen molar-refractivity contribution < 1.29 is 27.8 Å². The van der Waals surface area contributed by atoms with Crippen LogP contribution in [-0.4, -0.2) is 49.8 Å². The summed E-state index contributed by atoms with van der Waals surface area (Å²) in [5.74, 6) is -0.242. The topological polar surface area (TPSA) is 79.6 Å². The van der Waals surface area contributed by atoms with Crippen molar-refractivity contribution in [3.63, 3.8) is 0 Å². The number of piperidine rings is 1. The average Bonchev–Trinajstić information content (AvgIpc) is 2.98. The molecule has 0 atom stereocenters. The minimum absolute atomic E-state index is 0.0237. The number of hydrogen-bond acceptors (Lipinski definition) is 6. The molecule has 0 unspecified atom stereocenters. The Balaban J connectivity index is 1.36. The van der Waals surface area contributed by atoms with Crippen LogP contribution >= 0.6 is 0 Å². The molecule has 0 spiro atoms. The molecule has 41 heavy (non-hydrogen) atoms. The highest BCUT2D eigenvalue weighted by molar-refractivity contribution is 6.07. The van der Waals surface area contributed by atoms with Gasteiger partial charge in [0, 0.05) is 12.1 Å². The van der Waals surface area contributed by atoms with Crippen molar-refractivity contribution in [1.29, 1.82) is 5.26 Å². The van der Waals surface area contributed by atoms with E-state index in [9.17, 15) is 23.6 Å². The molecular formula is C33H34F2N2O4. The van der Waals surface area contributed by atoms with Crippen LogP contribution in [0.15, 0.2) is 66.7 Å². The summed E-state index contributed by atoms with van der Waals surface area (Å²) in [5, 5.41) is 10.5. The highest BCUT2D eigenvalue weighted by atomic mass is 19.1. The van der Waals surface area contributed by atoms with Gasteiger partial charge < -0.3 is 14.4 Å². The van der Waals surface area contributed by atoms with Crippen molar-refractivity contribution in [2.24, 2.45) is 5.92 Å². The summed E-state index contributed by atoms with van der Waals surface area (Å²) in [6.07, 6.45) is 2.13. The van der Waals surface area contributed by atoms with E-state index in [1.165, 1.54) is 38.3 Å². The van der Waals surface area contributed by atoms with Crippen LogP contribution in [0.25, 0.3) is 0 Å². The van der Waals surface area contributed by atoms with E-state index < -0.39 is 5.41 Å². The zero-order valence-electron chi connectivity index (χ0n) is 23.4. The fourth-order valence-corrected chi connectivity index (χ4v) is 5.63. The second-order valence-corrected chi connectivity index (χ2v) is 10.4. The van der Waals surface area contributed by atoms with Gasteiger partial charge in [-0.3, -0.25) is 9.59 Å². The molecule has 8 heteroatoms. The summed E-state index contributed by atoms with van der Waals surface area (Å²) >= 11 is 0. The Morgan fingerprint density at radius 3 is 2.05 bits per heavy atom. The monoisotopic (exact) mass is 560 g/mol. The summed E-state index contributed by atoms with van der Waals surface area (Å²) in [6.45, 7) is 4.20. The van der Waals surface area contributed by atoms with Crippen LogP contribution < -0.4 is 9.47 Å². The molecule has 3 aromatic carbocycles. The third-order valence-corrected chi connectivity index (χ3v) is 7.75. The Labute approximate surface area is 239 Å². The van der Waals surface area contributed by atoms with Gasteiger partial charge in [-0.15, -0.1) is 0 Å². The maximum absolute atomic E-state index is 13.7. The predicted octanol–water partition coefficient (Wildman–Crippen LogP) is 6.13. The van der Waals surface area contributed by atoms with E-state index in [1.54, 1.807) is 42.5 Å². The largest absolute Gasteiger partial charge is 0.493 e. The zero-order chi connectivity index (χ0) is 29.4. The summed E-state index contributed by atoms with van der Waals surface area (Å²) in [5.41, 5.74) is 0.818. The number of likely N-dealkylation sites (tertiary alicyclic amines) is 1. The van der Waals surface area contributed by atoms with E-state index >= 15 is 0 Å². The molecule has 0 saturated carbocycles. The number of carbonyl (C=O) groups excluding carboxylic acids is 2. The number of carbonyl (C=O) groups is 2. The molecule has 214 valence electrons. The lowest BCUT2D eigenvalue weighted by atomic mass is 9.63. The molecule has 0 amide bonds. The Morgan fingerprint density at radius 1 is 0.951 bits per heavy atom. The SMILES string of the molecule is COc1cc(C(=O)CC(C)=O)ccc1OCCCN1CCC(C(C#N)(c2ccc(F)cc2)c2ccc(F)cc2)CC1. The molecule has 0 radical (unpaired) electrons. The number of benzene rings is 3. The van der Waals surface area contributed by atoms with Gasteiger partial charge in [0.25, 0.3) is 0 Å². The Morgan fingerprint density at radius 2 is 1.54 bits per heavy atom. The molecule has 0 aliphatic carbocycles. The van der Waals surface area contributed by atoms with E-state index in [4.69, 9.17) is 9.47 Å². The molecule has 3 aromatic rings. The maximum Gasteiger partial charge on any atom is 0.170 e. The number of hydrogen-bond donors (Lipinski definition) is 0. The first-order chi connectivity index (χ1) is 19.8. The zero-order valence-corrected chi connectivity index (χ0v) is 23.4. The molecule has 1 saturated heterocycles. The average molecular weight is 561 g/mol. The van der Waals surface area contributed by atoms with Crippen molar-refractivity contribution in [2.75, 3.05) is 33.4 Å². The summed E-state index contributed by atoms with van der Waals surface area (Å²) in [6, 6.07) is 19.6. The molecule has 0 bridgehead atoms. The van der Waals surface area contributed by atoms with Crippen LogP contribution in [0, 0.1) is 28.9 Å². The first-order valence-electron chi connectivity index (χ1n) is 13.8. The van der Waals surface area contributed by atoms with E-state index in [0.29, 0.717) is 34.8 Å². The number of halogens is 2. The van der Waals surface area contributed by atoms with Gasteiger partial charge >= 0.3 is 0 Å². The summed E-state index contributed by atoms with van der Waals surface area (Å²) in [4.78, 5) is 25.8. The van der Waals surface area contributed by atoms with E-state index in [2.05, 4.69) is 11.0 Å². The van der Waals surface area contributed by atoms with Gasteiger partial charge in [0.1, 0.15) is 22.8 Å². The van der Waals surface area contributed by atoms with Crippen molar-refractivity contribution in [3.05, 3.63) is 95.1 Å². The van der Waals surface area contributed by atoms with Crippen LogP contribution in [0.3, 0.4) is 0 Å². The molecular weight excluding hydrogens is 526 g/mol. The third kappa shape index (κ3) is 6.98. The van der Waals surface area contributed by atoms with Crippen molar-refractivity contribution >= 4 is 11.6 Å². The fraction of sp³-hybridized carbons (Fsp3) is 0.364. The highest BCUT2D eigenvalue weighted by Gasteiger charge is 2.43. The number of Topliss-reactive ketones (excluding diaryl/α,β-unsaturated/α-hetero) is 2. The molecule has 1 aliphatic heterocycles. The maximum atomic E-state index is 13.7. The van der Waals surface area contributed by atoms with Crippen molar-refractivity contribution in [1.82, 2.24) is 4.90 Å². The number of nitriles is 1. The first kappa shape index (κ1) is 29.9. The van der Waals surface area contributed by atoms with Gasteiger partial charge in [-0.1, -0.05) is 24.3 Å². The quantitative estimate of drug-likeness (QED) is 0.151. The number of ether oxygens (including phenoxy) is 2. The minimum atomic E-state index is -1.01. The van der Waals surface area contributed by atoms with E-state index in [-0.39, 0.29) is 35.5 Å². The van der Waals surface area contributed by atoms with Gasteiger partial charge in [0.15, 0.2) is 17.3 Å². The molecule has 1 fully saturated rings. The number of methoxy groups -OCH3 is 1. The second kappa shape index (κ2) is 13.5. The van der Waals surface area contributed by atoms with Gasteiger partial charge in [-0.2, -0.15) is 5.26 Å². The summed E-state index contributed by atoms with van der Waals surface area (Å²) < 4.78 is 38.8. The van der Waals surface area contributed by atoms with E-state index in [1.807, 2.05) is 0 Å². The Bertz CT molecular complexity index is 1350. The number of nitrogens with zero attached hydrogens (tertiary/aromatic N) is 2. The van der Waals surface area contributed by atoms with Gasteiger partial charge in [0.05, 0.1) is 26.2 Å². The second-order valence-electron chi connectivity index (χ2n) is 10.4. The lowest BCUT2D eigenvalue weighted by Crippen LogP contribution is -2.44. The predicted molar refractivity (Wildman–Crippen MR) is 151 cm³/mol. The number of rotatable bonds is 12. The highest BCUT2D eigenvalue weighted by Crippen LogP contribution is 2.44. The Kier molecular flexibility index (Phi) is 9.85. The normalized spacial score (nSPS) is 14.3. The molecule has 6 nitrogen and oxygen atoms in total. The summed E-state index contributed by atoms with van der Waals surface area (Å²) in [7, 11) is 1.50. The Hall–Kier alpha value is -4.09. The lowest BCUT2D eigenvalue weighted by Gasteiger charge is -2.41. The van der Waals surface area contributed by atoms with Crippen molar-refractivity contribution in [3.8, 4) is 17.6 Å². The molecule has 0 N–H and O–H groups in total. The third-order valence-electron chi connectivity index (χ3n) is 7.75. The standard InChI is InChI=1S/C33H34F2N2O4/c1-23(38)20-30(39)24-4-13-31(32(21-24)40-2)41-19-3-16-37-17-14-27(15-18-37)33(22-36,25-5-9-28(34)10-6-25)26-7-11-29(35)12-8-26/h4-13,21,27H,3,14-20H2,1-2H3. The molecule has 1 heterocycles. The van der Waals surface area contributed by atoms with Crippen LogP contribution in [0.2, 0.25) is 0 Å². The lowest BCUT2D eigenvalue weighted by molar-refractivity contribution is -0.116. The van der Waals surface area contributed by atoms with Crippen molar-refractivity contribution in [2.45, 2.75) is 38.0 Å². The van der Waals surface area contributed by atoms with Gasteiger partial charge in [-0.25, -0.2) is 8.78 Å². The van der Waals surface area contributed by atoms with Crippen LogP contribution in [0.1, 0.15) is 54.1 Å².